The molecule has 0 aromatic heterocycles. The fraction of sp³-hybridized carbons (Fsp3) is 0.0667. The number of rotatable bonds is 4. The van der Waals surface area contributed by atoms with Crippen molar-refractivity contribution >= 4 is 39.6 Å². The number of hydrogen-bond donors (Lipinski definition) is 5. The van der Waals surface area contributed by atoms with Crippen LogP contribution < -0.4 is 10.9 Å². The van der Waals surface area contributed by atoms with Gasteiger partial charge in [0.25, 0.3) is 15.8 Å². The molecule has 0 fully saturated rings. The van der Waals surface area contributed by atoms with Gasteiger partial charge < -0.3 is 0 Å². The van der Waals surface area contributed by atoms with E-state index in [0.29, 0.717) is 0 Å². The maximum Gasteiger partial charge on any atom is 0.294 e. The Kier molecular flexibility index (Phi) is 8.47. The number of aryl methyl sites for hydroxylation is 1. The van der Waals surface area contributed by atoms with Gasteiger partial charge in [0.15, 0.2) is 0 Å². The van der Waals surface area contributed by atoms with Crippen molar-refractivity contribution in [3.63, 3.8) is 0 Å². The van der Waals surface area contributed by atoms with E-state index in [-0.39, 0.29) is 21.2 Å². The SMILES string of the molecule is Cc1ccc(S(=O)(=O)O)cc1.N=C(NO)NN=Cc1c(Cl)cccc1[N+](=O)[O-]. The molecule has 0 aliphatic heterocycles. The Labute approximate surface area is 165 Å². The third-order valence-corrected chi connectivity index (χ3v) is 4.22. The van der Waals surface area contributed by atoms with E-state index in [1.165, 1.54) is 35.8 Å². The second kappa shape index (κ2) is 10.3. The summed E-state index contributed by atoms with van der Waals surface area (Å²) in [5, 5.41) is 29.6. The molecular weight excluding hydrogens is 414 g/mol. The fourth-order valence-electron chi connectivity index (χ4n) is 1.71. The normalized spacial score (nSPS) is 10.7. The highest BCUT2D eigenvalue weighted by atomic mass is 35.5. The summed E-state index contributed by atoms with van der Waals surface area (Å²) < 4.78 is 29.6. The van der Waals surface area contributed by atoms with Crippen LogP contribution in [-0.2, 0) is 10.1 Å². The van der Waals surface area contributed by atoms with Gasteiger partial charge in [-0.2, -0.15) is 13.5 Å². The summed E-state index contributed by atoms with van der Waals surface area (Å²) in [4.78, 5) is 10.0. The number of nitrogens with one attached hydrogen (secondary N) is 3. The van der Waals surface area contributed by atoms with Crippen LogP contribution in [0.4, 0.5) is 5.69 Å². The largest absolute Gasteiger partial charge is 0.294 e. The van der Waals surface area contributed by atoms with E-state index in [9.17, 15) is 18.5 Å². The second-order valence-electron chi connectivity index (χ2n) is 5.07. The molecule has 0 atom stereocenters. The average molecular weight is 430 g/mol. The standard InChI is InChI=1S/C8H8ClN5O3.C7H8O3S/c9-6-2-1-3-7(14(16)17)5(6)4-11-12-8(10)13-15;1-6-2-4-7(5-3-6)11(8,9)10/h1-4,15H,(H3,10,12,13);2-5H,1H3,(H,8,9,10). The Hall–Kier alpha value is -3.06. The molecule has 0 spiro atoms. The first kappa shape index (κ1) is 23.0. The molecule has 2 aromatic rings. The minimum atomic E-state index is -4.02. The van der Waals surface area contributed by atoms with E-state index in [0.717, 1.165) is 11.8 Å². The van der Waals surface area contributed by atoms with Crippen LogP contribution in [0.3, 0.4) is 0 Å². The molecule has 0 heterocycles. The summed E-state index contributed by atoms with van der Waals surface area (Å²) in [6, 6.07) is 10.2. The highest BCUT2D eigenvalue weighted by Gasteiger charge is 2.14. The van der Waals surface area contributed by atoms with Crippen LogP contribution in [0.5, 0.6) is 0 Å². The molecule has 0 aliphatic carbocycles. The van der Waals surface area contributed by atoms with Crippen molar-refractivity contribution in [2.45, 2.75) is 11.8 Å². The number of hydrogen-bond acceptors (Lipinski definition) is 7. The molecule has 0 bridgehead atoms. The van der Waals surface area contributed by atoms with Crippen LogP contribution in [-0.4, -0.2) is 35.3 Å². The molecule has 2 aromatic carbocycles. The third kappa shape index (κ3) is 7.28. The highest BCUT2D eigenvalue weighted by molar-refractivity contribution is 7.85. The number of nitro groups is 1. The van der Waals surface area contributed by atoms with Gasteiger partial charge in [-0.1, -0.05) is 35.4 Å². The molecule has 2 rings (SSSR count). The summed E-state index contributed by atoms with van der Waals surface area (Å²) in [7, 11) is -4.02. The van der Waals surface area contributed by atoms with Gasteiger partial charge in [0.1, 0.15) is 0 Å². The lowest BCUT2D eigenvalue weighted by molar-refractivity contribution is -0.385. The number of hydrazone groups is 1. The van der Waals surface area contributed by atoms with Gasteiger partial charge in [-0.15, -0.1) is 0 Å². The molecule has 0 saturated carbocycles. The Morgan fingerprint density at radius 3 is 2.39 bits per heavy atom. The topological polar surface area (TPSA) is 178 Å². The fourth-order valence-corrected chi connectivity index (χ4v) is 2.41. The minimum absolute atomic E-state index is 0.0666. The number of benzene rings is 2. The van der Waals surface area contributed by atoms with Crippen molar-refractivity contribution in [3.05, 3.63) is 68.7 Å². The lowest BCUT2D eigenvalue weighted by Crippen LogP contribution is -2.30. The molecule has 13 heteroatoms. The van der Waals surface area contributed by atoms with Crippen LogP contribution in [0.1, 0.15) is 11.1 Å². The number of guanidine groups is 1. The van der Waals surface area contributed by atoms with Crippen molar-refractivity contribution in [1.29, 1.82) is 5.41 Å². The van der Waals surface area contributed by atoms with Gasteiger partial charge in [0.2, 0.25) is 5.96 Å². The monoisotopic (exact) mass is 429 g/mol. The lowest BCUT2D eigenvalue weighted by atomic mass is 10.2. The first-order valence-electron chi connectivity index (χ1n) is 7.31. The first-order valence-corrected chi connectivity index (χ1v) is 9.13. The molecule has 28 heavy (non-hydrogen) atoms. The van der Waals surface area contributed by atoms with Crippen LogP contribution in [0.15, 0.2) is 52.5 Å². The van der Waals surface area contributed by atoms with Crippen molar-refractivity contribution in [3.8, 4) is 0 Å². The maximum atomic E-state index is 10.7. The molecule has 0 amide bonds. The lowest BCUT2D eigenvalue weighted by Gasteiger charge is -2.01. The Morgan fingerprint density at radius 1 is 1.29 bits per heavy atom. The summed E-state index contributed by atoms with van der Waals surface area (Å²) in [6.07, 6.45) is 1.09. The second-order valence-corrected chi connectivity index (χ2v) is 6.90. The van der Waals surface area contributed by atoms with Crippen LogP contribution >= 0.6 is 11.6 Å². The third-order valence-electron chi connectivity index (χ3n) is 3.03. The minimum Gasteiger partial charge on any atom is -0.288 e. The van der Waals surface area contributed by atoms with Crippen molar-refractivity contribution in [2.75, 3.05) is 0 Å². The molecule has 150 valence electrons. The number of hydroxylamine groups is 1. The van der Waals surface area contributed by atoms with Gasteiger partial charge in [-0.25, -0.2) is 10.9 Å². The van der Waals surface area contributed by atoms with Crippen LogP contribution in [0.25, 0.3) is 0 Å². The zero-order valence-corrected chi connectivity index (χ0v) is 15.9. The van der Waals surface area contributed by atoms with E-state index in [2.05, 4.69) is 10.5 Å². The zero-order valence-electron chi connectivity index (χ0n) is 14.3. The van der Waals surface area contributed by atoms with Gasteiger partial charge in [-0.3, -0.25) is 25.3 Å². The van der Waals surface area contributed by atoms with Crippen molar-refractivity contribution in [1.82, 2.24) is 10.9 Å². The highest BCUT2D eigenvalue weighted by Crippen LogP contribution is 2.24. The van der Waals surface area contributed by atoms with E-state index in [1.807, 2.05) is 6.92 Å². The number of halogens is 1. The van der Waals surface area contributed by atoms with Crippen molar-refractivity contribution in [2.24, 2.45) is 5.10 Å². The number of nitrogens with zero attached hydrogens (tertiary/aromatic N) is 2. The van der Waals surface area contributed by atoms with Crippen LogP contribution in [0.2, 0.25) is 5.02 Å². The smallest absolute Gasteiger partial charge is 0.288 e. The Balaban J connectivity index is 0.000000307. The molecule has 0 radical (unpaired) electrons. The van der Waals surface area contributed by atoms with Gasteiger partial charge in [0.05, 0.1) is 26.6 Å². The Morgan fingerprint density at radius 2 is 1.89 bits per heavy atom. The Bertz CT molecular complexity index is 979. The summed E-state index contributed by atoms with van der Waals surface area (Å²) in [5.41, 5.74) is 4.44. The van der Waals surface area contributed by atoms with Gasteiger partial charge >= 0.3 is 0 Å². The number of nitro benzene ring substituents is 1. The maximum absolute atomic E-state index is 10.7. The van der Waals surface area contributed by atoms with Gasteiger partial charge in [-0.05, 0) is 25.1 Å². The molecule has 0 unspecified atom stereocenters. The molecular formula is C15H16ClN5O6S. The predicted molar refractivity (Wildman–Crippen MR) is 102 cm³/mol. The van der Waals surface area contributed by atoms with Gasteiger partial charge in [0, 0.05) is 6.07 Å². The molecule has 11 nitrogen and oxygen atoms in total. The first-order chi connectivity index (χ1) is 13.1. The molecule has 0 saturated heterocycles. The molecule has 5 N–H and O–H groups in total. The van der Waals surface area contributed by atoms with Crippen molar-refractivity contribution < 1.29 is 23.1 Å². The van der Waals surface area contributed by atoms with E-state index in [1.54, 1.807) is 12.1 Å². The quantitative estimate of drug-likeness (QED) is 0.161. The average Bonchev–Trinajstić information content (AvgIpc) is 2.62. The predicted octanol–water partition coefficient (Wildman–Crippen LogP) is 2.33. The summed E-state index contributed by atoms with van der Waals surface area (Å²) in [6.45, 7) is 1.84. The zero-order chi connectivity index (χ0) is 21.3. The van der Waals surface area contributed by atoms with Crippen LogP contribution in [0, 0.1) is 22.4 Å². The van der Waals surface area contributed by atoms with E-state index < -0.39 is 21.0 Å². The molecule has 0 aliphatic rings. The van der Waals surface area contributed by atoms with E-state index >= 15 is 0 Å². The summed E-state index contributed by atoms with van der Waals surface area (Å²) in [5.74, 6) is -0.476. The van der Waals surface area contributed by atoms with E-state index in [4.69, 9.17) is 26.8 Å². The summed E-state index contributed by atoms with van der Waals surface area (Å²) >= 11 is 5.78.